The number of carbonyl (C=O) groups is 1. The molecule has 0 aromatic heterocycles. The second-order valence-corrected chi connectivity index (χ2v) is 10.0. The van der Waals surface area contributed by atoms with Gasteiger partial charge >= 0.3 is 12.3 Å². The molecule has 0 aliphatic carbocycles. The highest BCUT2D eigenvalue weighted by Gasteiger charge is 2.47. The largest absolute Gasteiger partial charge is 0.437 e. The van der Waals surface area contributed by atoms with Gasteiger partial charge in [0.2, 0.25) is 0 Å². The SMILES string of the molecule is CCN1CC2(CCN(c3cc(Cl)ccc3CN3CCN(C(=O)OC(C)C(F)(F)F)CC3)C2)C1. The standard InChI is InChI=1S/C23H32ClF3N4O2/c1-3-28-14-22(15-28)6-7-31(16-22)20-12-19(24)5-4-18(20)13-29-8-10-30(11-9-29)21(32)33-17(2)23(25,26)27/h4-5,12,17H,3,6-11,13-16H2,1-2H3. The molecule has 6 nitrogen and oxygen atoms in total. The van der Waals surface area contributed by atoms with Crippen molar-refractivity contribution < 1.29 is 22.7 Å². The molecule has 3 fully saturated rings. The maximum Gasteiger partial charge on any atom is 0.425 e. The Balaban J connectivity index is 1.34. The van der Waals surface area contributed by atoms with E-state index in [-0.39, 0.29) is 0 Å². The van der Waals surface area contributed by atoms with Gasteiger partial charge in [-0.2, -0.15) is 13.2 Å². The lowest BCUT2D eigenvalue weighted by Crippen LogP contribution is -2.57. The van der Waals surface area contributed by atoms with E-state index in [2.05, 4.69) is 32.4 Å². The maximum atomic E-state index is 12.7. The number of anilines is 1. The molecular weight excluding hydrogens is 457 g/mol. The molecule has 1 aromatic rings. The van der Waals surface area contributed by atoms with Crippen molar-refractivity contribution in [3.05, 3.63) is 28.8 Å². The van der Waals surface area contributed by atoms with Crippen LogP contribution in [0.25, 0.3) is 0 Å². The van der Waals surface area contributed by atoms with Gasteiger partial charge in [0.25, 0.3) is 0 Å². The summed E-state index contributed by atoms with van der Waals surface area (Å²) in [5.41, 5.74) is 2.73. The molecule has 0 radical (unpaired) electrons. The molecule has 1 aromatic carbocycles. The molecule has 4 rings (SSSR count). The van der Waals surface area contributed by atoms with Crippen molar-refractivity contribution in [1.82, 2.24) is 14.7 Å². The first kappa shape index (κ1) is 24.4. The van der Waals surface area contributed by atoms with Crippen molar-refractivity contribution in [2.75, 3.05) is 63.8 Å². The minimum absolute atomic E-state index is 0.339. The first-order chi connectivity index (χ1) is 15.6. The van der Waals surface area contributed by atoms with Crippen LogP contribution in [0.1, 0.15) is 25.8 Å². The molecule has 10 heteroatoms. The highest BCUT2D eigenvalue weighted by molar-refractivity contribution is 6.30. The van der Waals surface area contributed by atoms with Crippen LogP contribution in [0.4, 0.5) is 23.7 Å². The number of amides is 1. The summed E-state index contributed by atoms with van der Waals surface area (Å²) in [4.78, 5) is 20.6. The van der Waals surface area contributed by atoms with Crippen LogP contribution in [0.15, 0.2) is 18.2 Å². The van der Waals surface area contributed by atoms with Crippen LogP contribution in [0, 0.1) is 5.41 Å². The molecule has 1 amide bonds. The van der Waals surface area contributed by atoms with Crippen molar-refractivity contribution in [3.8, 4) is 0 Å². The van der Waals surface area contributed by atoms with Crippen molar-refractivity contribution in [2.45, 2.75) is 39.1 Å². The maximum absolute atomic E-state index is 12.7. The fourth-order valence-corrected chi connectivity index (χ4v) is 5.28. The van der Waals surface area contributed by atoms with Crippen molar-refractivity contribution in [1.29, 1.82) is 0 Å². The zero-order valence-corrected chi connectivity index (χ0v) is 20.0. The first-order valence-electron chi connectivity index (χ1n) is 11.6. The fraction of sp³-hybridized carbons (Fsp3) is 0.696. The quantitative estimate of drug-likeness (QED) is 0.624. The molecule has 0 N–H and O–H groups in total. The average molecular weight is 489 g/mol. The Morgan fingerprint density at radius 2 is 1.82 bits per heavy atom. The summed E-state index contributed by atoms with van der Waals surface area (Å²) in [5, 5.41) is 0.713. The number of hydrogen-bond acceptors (Lipinski definition) is 5. The van der Waals surface area contributed by atoms with Crippen molar-refractivity contribution in [3.63, 3.8) is 0 Å². The van der Waals surface area contributed by atoms with Crippen LogP contribution in [-0.4, -0.2) is 92.0 Å². The minimum Gasteiger partial charge on any atom is -0.437 e. The predicted molar refractivity (Wildman–Crippen MR) is 122 cm³/mol. The van der Waals surface area contributed by atoms with Crippen LogP contribution >= 0.6 is 11.6 Å². The van der Waals surface area contributed by atoms with Gasteiger partial charge in [-0.15, -0.1) is 0 Å². The van der Waals surface area contributed by atoms with E-state index in [4.69, 9.17) is 11.6 Å². The van der Waals surface area contributed by atoms with Crippen molar-refractivity contribution in [2.24, 2.45) is 5.41 Å². The molecule has 1 atom stereocenters. The summed E-state index contributed by atoms with van der Waals surface area (Å²) in [7, 11) is 0. The van der Waals surface area contributed by atoms with Gasteiger partial charge in [-0.1, -0.05) is 24.6 Å². The number of piperazine rings is 1. The van der Waals surface area contributed by atoms with Crippen LogP contribution in [0.5, 0.6) is 0 Å². The van der Waals surface area contributed by atoms with Gasteiger partial charge in [0.05, 0.1) is 0 Å². The second kappa shape index (κ2) is 9.50. The normalized spacial score (nSPS) is 22.5. The zero-order valence-electron chi connectivity index (χ0n) is 19.2. The van der Waals surface area contributed by atoms with E-state index >= 15 is 0 Å². The number of benzene rings is 1. The van der Waals surface area contributed by atoms with Crippen molar-refractivity contribution >= 4 is 23.4 Å². The van der Waals surface area contributed by atoms with Gasteiger partial charge < -0.3 is 19.4 Å². The van der Waals surface area contributed by atoms with E-state index in [1.807, 2.05) is 12.1 Å². The Labute approximate surface area is 198 Å². The Kier molecular flexibility index (Phi) is 7.03. The van der Waals surface area contributed by atoms with Gasteiger partial charge in [0.15, 0.2) is 6.10 Å². The van der Waals surface area contributed by atoms with E-state index < -0.39 is 18.4 Å². The Bertz CT molecular complexity index is 855. The van der Waals surface area contributed by atoms with Crippen LogP contribution < -0.4 is 4.90 Å². The Hall–Kier alpha value is -1.71. The lowest BCUT2D eigenvalue weighted by atomic mass is 9.79. The number of likely N-dealkylation sites (tertiary alicyclic amines) is 1. The molecule has 3 heterocycles. The first-order valence-corrected chi connectivity index (χ1v) is 12.0. The van der Waals surface area contributed by atoms with E-state index in [0.717, 1.165) is 45.3 Å². The average Bonchev–Trinajstić information content (AvgIpc) is 3.19. The third-order valence-corrected chi connectivity index (χ3v) is 7.39. The summed E-state index contributed by atoms with van der Waals surface area (Å²) in [6.45, 7) is 11.0. The topological polar surface area (TPSA) is 39.3 Å². The van der Waals surface area contributed by atoms with Gasteiger partial charge in [-0.3, -0.25) is 4.90 Å². The smallest absolute Gasteiger partial charge is 0.425 e. The molecular formula is C23H32ClF3N4O2. The van der Waals surface area contributed by atoms with Gasteiger partial charge in [-0.05, 0) is 37.6 Å². The summed E-state index contributed by atoms with van der Waals surface area (Å²) < 4.78 is 42.6. The number of ether oxygens (including phenoxy) is 1. The van der Waals surface area contributed by atoms with Gasteiger partial charge in [0.1, 0.15) is 0 Å². The Morgan fingerprint density at radius 1 is 1.12 bits per heavy atom. The van der Waals surface area contributed by atoms with Crippen LogP contribution in [0.2, 0.25) is 5.02 Å². The predicted octanol–water partition coefficient (Wildman–Crippen LogP) is 4.08. The lowest BCUT2D eigenvalue weighted by molar-refractivity contribution is -0.200. The summed E-state index contributed by atoms with van der Waals surface area (Å²) >= 11 is 6.34. The number of nitrogens with zero attached hydrogens (tertiary/aromatic N) is 4. The molecule has 3 saturated heterocycles. The van der Waals surface area contributed by atoms with E-state index in [1.54, 1.807) is 0 Å². The molecule has 1 spiro atoms. The number of rotatable bonds is 5. The number of alkyl halides is 3. The number of carbonyl (C=O) groups excluding carboxylic acids is 1. The highest BCUT2D eigenvalue weighted by atomic mass is 35.5. The lowest BCUT2D eigenvalue weighted by Gasteiger charge is -2.47. The Morgan fingerprint density at radius 3 is 2.45 bits per heavy atom. The third-order valence-electron chi connectivity index (χ3n) is 7.15. The minimum atomic E-state index is -4.55. The molecule has 33 heavy (non-hydrogen) atoms. The number of hydrogen-bond donors (Lipinski definition) is 0. The van der Waals surface area contributed by atoms with E-state index in [1.165, 1.54) is 16.9 Å². The van der Waals surface area contributed by atoms with Gasteiger partial charge in [0, 0.05) is 75.0 Å². The molecule has 1 unspecified atom stereocenters. The molecule has 3 aliphatic heterocycles. The monoisotopic (exact) mass is 488 g/mol. The number of halogens is 4. The molecule has 3 aliphatic rings. The van der Waals surface area contributed by atoms with Crippen LogP contribution in [0.3, 0.4) is 0 Å². The summed E-state index contributed by atoms with van der Waals surface area (Å²) in [5.74, 6) is 0. The summed E-state index contributed by atoms with van der Waals surface area (Å²) in [6, 6.07) is 6.01. The van der Waals surface area contributed by atoms with E-state index in [9.17, 15) is 18.0 Å². The van der Waals surface area contributed by atoms with Gasteiger partial charge in [-0.25, -0.2) is 4.79 Å². The highest BCUT2D eigenvalue weighted by Crippen LogP contribution is 2.42. The second-order valence-electron chi connectivity index (χ2n) is 9.58. The third kappa shape index (κ3) is 5.52. The fourth-order valence-electron chi connectivity index (χ4n) is 5.11. The van der Waals surface area contributed by atoms with Crippen LogP contribution in [-0.2, 0) is 11.3 Å². The van der Waals surface area contributed by atoms with E-state index in [0.29, 0.717) is 43.2 Å². The molecule has 0 bridgehead atoms. The molecule has 0 saturated carbocycles. The summed E-state index contributed by atoms with van der Waals surface area (Å²) in [6.07, 6.45) is -6.38. The molecule has 184 valence electrons. The zero-order chi connectivity index (χ0) is 23.8.